The van der Waals surface area contributed by atoms with E-state index in [1.807, 2.05) is 48.5 Å². The Kier molecular flexibility index (Phi) is 7.14. The van der Waals surface area contributed by atoms with Gasteiger partial charge in [-0.15, -0.1) is 0 Å². The van der Waals surface area contributed by atoms with Crippen molar-refractivity contribution in [3.63, 3.8) is 0 Å². The van der Waals surface area contributed by atoms with Gasteiger partial charge in [-0.05, 0) is 61.2 Å². The van der Waals surface area contributed by atoms with Gasteiger partial charge in [0.05, 0.1) is 23.3 Å². The molecule has 8 heteroatoms. The molecular weight excluding hydrogens is 466 g/mol. The van der Waals surface area contributed by atoms with Gasteiger partial charge in [0.2, 0.25) is 0 Å². The Morgan fingerprint density at radius 2 is 1.63 bits per heavy atom. The summed E-state index contributed by atoms with van der Waals surface area (Å²) in [5.41, 5.74) is 1.63. The van der Waals surface area contributed by atoms with Crippen LogP contribution in [0, 0.1) is 0 Å². The van der Waals surface area contributed by atoms with E-state index >= 15 is 0 Å². The van der Waals surface area contributed by atoms with Crippen LogP contribution in [0.25, 0.3) is 0 Å². The number of benzene rings is 3. The molecule has 1 N–H and O–H groups in total. The topological polar surface area (TPSA) is 93.1 Å². The van der Waals surface area contributed by atoms with Gasteiger partial charge in [-0.3, -0.25) is 4.90 Å². The smallest absolute Gasteiger partial charge is 0.409 e. The second-order valence-corrected chi connectivity index (χ2v) is 11.0. The SMILES string of the molecule is CC1(C)OCC(Cc2ccc(OCc3ccccc3CS(=O)(=O)c3ccccc3)cc2)N1C(=O)O. The fourth-order valence-corrected chi connectivity index (χ4v) is 5.76. The van der Waals surface area contributed by atoms with Crippen molar-refractivity contribution in [2.45, 2.75) is 49.3 Å². The summed E-state index contributed by atoms with van der Waals surface area (Å²) < 4.78 is 37.3. The fraction of sp³-hybridized carbons (Fsp3) is 0.296. The number of carboxylic acid groups (broad SMARTS) is 1. The molecule has 0 aromatic heterocycles. The van der Waals surface area contributed by atoms with Crippen molar-refractivity contribution in [3.8, 4) is 5.75 Å². The maximum absolute atomic E-state index is 12.8. The lowest BCUT2D eigenvalue weighted by Gasteiger charge is -2.31. The molecule has 0 aliphatic carbocycles. The summed E-state index contributed by atoms with van der Waals surface area (Å²) in [5, 5.41) is 9.57. The highest BCUT2D eigenvalue weighted by molar-refractivity contribution is 7.90. The van der Waals surface area contributed by atoms with Gasteiger partial charge in [-0.1, -0.05) is 54.6 Å². The van der Waals surface area contributed by atoms with Crippen molar-refractivity contribution in [1.82, 2.24) is 4.90 Å². The highest BCUT2D eigenvalue weighted by atomic mass is 32.2. The molecule has 1 atom stereocenters. The molecule has 7 nitrogen and oxygen atoms in total. The zero-order valence-corrected chi connectivity index (χ0v) is 20.6. The standard InChI is InChI=1S/C27H29NO6S/c1-27(2)28(26(29)30)23(18-34-27)16-20-12-14-24(15-13-20)33-17-21-8-6-7-9-22(21)19-35(31,32)25-10-4-3-5-11-25/h3-15,23H,16-19H2,1-2H3,(H,29,30). The molecule has 0 bridgehead atoms. The third-order valence-corrected chi connectivity index (χ3v) is 7.82. The zero-order chi connectivity index (χ0) is 25.1. The van der Waals surface area contributed by atoms with Gasteiger partial charge in [0.1, 0.15) is 18.1 Å². The molecule has 1 amide bonds. The minimum Gasteiger partial charge on any atom is -0.489 e. The first-order valence-corrected chi connectivity index (χ1v) is 13.0. The minimum atomic E-state index is -3.47. The Morgan fingerprint density at radius 3 is 2.29 bits per heavy atom. The van der Waals surface area contributed by atoms with Crippen LogP contribution in [0.4, 0.5) is 4.79 Å². The third kappa shape index (κ3) is 5.83. The van der Waals surface area contributed by atoms with Crippen molar-refractivity contribution < 1.29 is 27.8 Å². The molecule has 3 aromatic carbocycles. The van der Waals surface area contributed by atoms with Gasteiger partial charge in [0.15, 0.2) is 9.84 Å². The number of sulfone groups is 1. The minimum absolute atomic E-state index is 0.102. The Labute approximate surface area is 205 Å². The molecule has 1 heterocycles. The quantitative estimate of drug-likeness (QED) is 0.478. The van der Waals surface area contributed by atoms with Crippen LogP contribution in [-0.2, 0) is 33.4 Å². The second-order valence-electron chi connectivity index (χ2n) is 9.04. The average Bonchev–Trinajstić information content (AvgIpc) is 3.13. The highest BCUT2D eigenvalue weighted by Gasteiger charge is 2.43. The summed E-state index contributed by atoms with van der Waals surface area (Å²) in [4.78, 5) is 13.3. The van der Waals surface area contributed by atoms with Gasteiger partial charge in [0.25, 0.3) is 0 Å². The number of hydrogen-bond donors (Lipinski definition) is 1. The van der Waals surface area contributed by atoms with E-state index in [2.05, 4.69) is 0 Å². The monoisotopic (exact) mass is 495 g/mol. The molecule has 1 fully saturated rings. The number of amides is 1. The lowest BCUT2D eigenvalue weighted by molar-refractivity contribution is -0.0419. The molecule has 35 heavy (non-hydrogen) atoms. The van der Waals surface area contributed by atoms with Crippen molar-refractivity contribution in [1.29, 1.82) is 0 Å². The number of ether oxygens (including phenoxy) is 2. The highest BCUT2D eigenvalue weighted by Crippen LogP contribution is 2.29. The number of nitrogens with zero attached hydrogens (tertiary/aromatic N) is 1. The van der Waals surface area contributed by atoms with Crippen LogP contribution in [0.3, 0.4) is 0 Å². The van der Waals surface area contributed by atoms with E-state index in [9.17, 15) is 18.3 Å². The first-order chi connectivity index (χ1) is 16.7. The molecule has 1 aliphatic heterocycles. The number of hydrogen-bond acceptors (Lipinski definition) is 5. The Balaban J connectivity index is 1.40. The number of carbonyl (C=O) groups is 1. The van der Waals surface area contributed by atoms with Crippen molar-refractivity contribution >= 4 is 15.9 Å². The van der Waals surface area contributed by atoms with Crippen LogP contribution in [-0.4, -0.2) is 42.9 Å². The Morgan fingerprint density at radius 1 is 1.00 bits per heavy atom. The van der Waals surface area contributed by atoms with Crippen LogP contribution in [0.2, 0.25) is 0 Å². The Bertz CT molecular complexity index is 1270. The van der Waals surface area contributed by atoms with E-state index in [0.29, 0.717) is 29.2 Å². The predicted octanol–water partition coefficient (Wildman–Crippen LogP) is 4.90. The lowest BCUT2D eigenvalue weighted by atomic mass is 10.0. The number of rotatable bonds is 8. The fourth-order valence-electron chi connectivity index (χ4n) is 4.33. The molecular formula is C27H29NO6S. The molecule has 184 valence electrons. The molecule has 0 radical (unpaired) electrons. The first kappa shape index (κ1) is 24.8. The van der Waals surface area contributed by atoms with Gasteiger partial charge in [0, 0.05) is 0 Å². The van der Waals surface area contributed by atoms with E-state index in [1.165, 1.54) is 4.90 Å². The molecule has 1 aliphatic rings. The van der Waals surface area contributed by atoms with E-state index in [0.717, 1.165) is 11.1 Å². The van der Waals surface area contributed by atoms with Crippen LogP contribution in [0.1, 0.15) is 30.5 Å². The molecule has 3 aromatic rings. The molecule has 4 rings (SSSR count). The van der Waals surface area contributed by atoms with Crippen LogP contribution in [0.15, 0.2) is 83.8 Å². The first-order valence-electron chi connectivity index (χ1n) is 11.4. The second kappa shape index (κ2) is 10.1. The third-order valence-electron chi connectivity index (χ3n) is 6.14. The summed E-state index contributed by atoms with van der Waals surface area (Å²) in [7, 11) is -3.47. The van der Waals surface area contributed by atoms with Gasteiger partial charge >= 0.3 is 6.09 Å². The molecule has 0 spiro atoms. The average molecular weight is 496 g/mol. The molecule has 1 saturated heterocycles. The lowest BCUT2D eigenvalue weighted by Crippen LogP contribution is -2.47. The summed E-state index contributed by atoms with van der Waals surface area (Å²) in [6, 6.07) is 23.0. The van der Waals surface area contributed by atoms with Gasteiger partial charge in [-0.25, -0.2) is 13.2 Å². The van der Waals surface area contributed by atoms with E-state index < -0.39 is 21.7 Å². The normalized spacial score (nSPS) is 17.3. The maximum Gasteiger partial charge on any atom is 0.409 e. The van der Waals surface area contributed by atoms with Crippen molar-refractivity contribution in [2.75, 3.05) is 6.61 Å². The largest absolute Gasteiger partial charge is 0.489 e. The predicted molar refractivity (Wildman–Crippen MR) is 132 cm³/mol. The zero-order valence-electron chi connectivity index (χ0n) is 19.8. The van der Waals surface area contributed by atoms with E-state index in [-0.39, 0.29) is 18.4 Å². The van der Waals surface area contributed by atoms with Crippen molar-refractivity contribution in [2.24, 2.45) is 0 Å². The van der Waals surface area contributed by atoms with Gasteiger partial charge in [-0.2, -0.15) is 0 Å². The summed E-state index contributed by atoms with van der Waals surface area (Å²) >= 11 is 0. The van der Waals surface area contributed by atoms with Crippen LogP contribution in [0.5, 0.6) is 5.75 Å². The summed E-state index contributed by atoms with van der Waals surface area (Å²) in [6.07, 6.45) is -0.457. The molecule has 1 unspecified atom stereocenters. The summed E-state index contributed by atoms with van der Waals surface area (Å²) in [5.74, 6) is 0.544. The van der Waals surface area contributed by atoms with Gasteiger partial charge < -0.3 is 14.6 Å². The van der Waals surface area contributed by atoms with E-state index in [1.54, 1.807) is 44.2 Å². The summed E-state index contributed by atoms with van der Waals surface area (Å²) in [6.45, 7) is 4.08. The van der Waals surface area contributed by atoms with Crippen LogP contribution < -0.4 is 4.74 Å². The maximum atomic E-state index is 12.8. The molecule has 0 saturated carbocycles. The van der Waals surface area contributed by atoms with Crippen LogP contribution >= 0.6 is 0 Å². The van der Waals surface area contributed by atoms with Crippen molar-refractivity contribution in [3.05, 3.63) is 95.6 Å². The van der Waals surface area contributed by atoms with E-state index in [4.69, 9.17) is 9.47 Å². The Hall–Kier alpha value is -3.36.